The molecule has 200 valence electrons. The highest BCUT2D eigenvalue weighted by Crippen LogP contribution is 2.42. The molecule has 12 heteroatoms. The molecule has 0 unspecified atom stereocenters. The maximum absolute atomic E-state index is 13.7. The highest BCUT2D eigenvalue weighted by Gasteiger charge is 2.37. The van der Waals surface area contributed by atoms with Crippen LogP contribution in [-0.2, 0) is 14.8 Å². The van der Waals surface area contributed by atoms with Gasteiger partial charge in [-0.15, -0.1) is 10.2 Å². The Bertz CT molecular complexity index is 1300. The second-order valence-corrected chi connectivity index (χ2v) is 11.5. The first-order chi connectivity index (χ1) is 17.7. The molecule has 2 atom stereocenters. The second kappa shape index (κ2) is 11.0. The van der Waals surface area contributed by atoms with Crippen LogP contribution in [0.5, 0.6) is 11.5 Å². The van der Waals surface area contributed by atoms with Crippen molar-refractivity contribution in [3.63, 3.8) is 0 Å². The molecule has 3 aromatic rings. The predicted molar refractivity (Wildman–Crippen MR) is 139 cm³/mol. The molecule has 4 rings (SSSR count). The zero-order valence-electron chi connectivity index (χ0n) is 22.0. The van der Waals surface area contributed by atoms with Gasteiger partial charge in [0.1, 0.15) is 34.4 Å². The van der Waals surface area contributed by atoms with Crippen LogP contribution in [0.25, 0.3) is 5.69 Å². The van der Waals surface area contributed by atoms with Crippen LogP contribution >= 0.6 is 0 Å². The van der Waals surface area contributed by atoms with Crippen LogP contribution in [0.1, 0.15) is 69.3 Å². The lowest BCUT2D eigenvalue weighted by Gasteiger charge is -2.27. The summed E-state index contributed by atoms with van der Waals surface area (Å²) in [4.78, 5) is 8.67. The van der Waals surface area contributed by atoms with Gasteiger partial charge >= 0.3 is 0 Å². The van der Waals surface area contributed by atoms with E-state index in [1.54, 1.807) is 56.3 Å². The van der Waals surface area contributed by atoms with Crippen LogP contribution in [-0.4, -0.2) is 58.7 Å². The molecule has 2 heterocycles. The Morgan fingerprint density at radius 3 is 2.16 bits per heavy atom. The summed E-state index contributed by atoms with van der Waals surface area (Å²) in [7, 11) is -0.950. The zero-order chi connectivity index (χ0) is 26.7. The number of nitrogens with one attached hydrogen (secondary N) is 1. The smallest absolute Gasteiger partial charge is 0.243 e. The predicted octanol–water partition coefficient (Wildman–Crippen LogP) is 3.95. The highest BCUT2D eigenvalue weighted by atomic mass is 32.2. The SMILES string of the molecule is COc1cccc(OC)c1-n1c(NS(=O)(=O)[C@@H](C)[C@@H](OC(C)C)c2ncc(C)cn2)nnc1C1CCC1. The van der Waals surface area contributed by atoms with E-state index in [-0.39, 0.29) is 18.0 Å². The normalized spacial score (nSPS) is 15.8. The Hall–Kier alpha value is -3.25. The number of sulfonamides is 1. The third-order valence-electron chi connectivity index (χ3n) is 6.41. The van der Waals surface area contributed by atoms with Gasteiger partial charge in [0.2, 0.25) is 16.0 Å². The first-order valence-corrected chi connectivity index (χ1v) is 13.8. The molecule has 0 saturated heterocycles. The largest absolute Gasteiger partial charge is 0.494 e. The van der Waals surface area contributed by atoms with Gasteiger partial charge in [0.05, 0.1) is 20.3 Å². The number of aromatic nitrogens is 5. The fourth-order valence-electron chi connectivity index (χ4n) is 4.17. The maximum Gasteiger partial charge on any atom is 0.243 e. The summed E-state index contributed by atoms with van der Waals surface area (Å²) in [5.74, 6) is 2.14. The van der Waals surface area contributed by atoms with Gasteiger partial charge in [-0.3, -0.25) is 9.29 Å². The van der Waals surface area contributed by atoms with Crippen molar-refractivity contribution in [2.45, 2.75) is 70.3 Å². The first kappa shape index (κ1) is 26.8. The molecule has 1 fully saturated rings. The Balaban J connectivity index is 1.77. The van der Waals surface area contributed by atoms with E-state index in [0.29, 0.717) is 28.8 Å². The van der Waals surface area contributed by atoms with Crippen molar-refractivity contribution in [2.24, 2.45) is 0 Å². The molecule has 11 nitrogen and oxygen atoms in total. The van der Waals surface area contributed by atoms with Gasteiger partial charge in [0, 0.05) is 18.3 Å². The van der Waals surface area contributed by atoms with Gasteiger partial charge in [0.15, 0.2) is 5.82 Å². The number of hydrogen-bond donors (Lipinski definition) is 1. The highest BCUT2D eigenvalue weighted by molar-refractivity contribution is 7.93. The summed E-state index contributed by atoms with van der Waals surface area (Å²) in [6.07, 6.45) is 5.08. The van der Waals surface area contributed by atoms with E-state index in [2.05, 4.69) is 24.9 Å². The summed E-state index contributed by atoms with van der Waals surface area (Å²) in [6.45, 7) is 7.10. The van der Waals surface area contributed by atoms with Crippen molar-refractivity contribution in [3.8, 4) is 17.2 Å². The number of nitrogens with zero attached hydrogens (tertiary/aromatic N) is 5. The molecule has 0 aliphatic heterocycles. The van der Waals surface area contributed by atoms with Gasteiger partial charge in [-0.1, -0.05) is 12.5 Å². The van der Waals surface area contributed by atoms with Crippen LogP contribution in [0.2, 0.25) is 0 Å². The molecule has 2 aromatic heterocycles. The number of para-hydroxylation sites is 1. The van der Waals surface area contributed by atoms with Gasteiger partial charge in [-0.25, -0.2) is 18.4 Å². The molecule has 1 aromatic carbocycles. The minimum atomic E-state index is -4.05. The van der Waals surface area contributed by atoms with Gasteiger partial charge in [-0.2, -0.15) is 0 Å². The second-order valence-electron chi connectivity index (χ2n) is 9.43. The minimum absolute atomic E-state index is 0.0460. The lowest BCUT2D eigenvalue weighted by atomic mass is 9.85. The standard InChI is InChI=1S/C25H34N6O5S/c1-15(2)36-22(23-26-13-16(3)14-27-23)17(4)37(32,33)30-25-29-28-24(18-9-7-10-18)31(25)21-19(34-5)11-8-12-20(21)35-6/h8,11-15,17-18,22H,7,9-10H2,1-6H3,(H,29,30)/t17-,22+/m0/s1. The molecular formula is C25H34N6O5S. The van der Waals surface area contributed by atoms with Crippen molar-refractivity contribution in [1.82, 2.24) is 24.7 Å². The van der Waals surface area contributed by atoms with Crippen molar-refractivity contribution in [3.05, 3.63) is 47.8 Å². The summed E-state index contributed by atoms with van der Waals surface area (Å²) >= 11 is 0. The lowest BCUT2D eigenvalue weighted by Crippen LogP contribution is -2.35. The third kappa shape index (κ3) is 5.54. The minimum Gasteiger partial charge on any atom is -0.494 e. The van der Waals surface area contributed by atoms with Crippen LogP contribution in [0.4, 0.5) is 5.95 Å². The number of rotatable bonds is 11. The van der Waals surface area contributed by atoms with Crippen LogP contribution in [0.3, 0.4) is 0 Å². The molecule has 37 heavy (non-hydrogen) atoms. The fourth-order valence-corrected chi connectivity index (χ4v) is 5.26. The first-order valence-electron chi connectivity index (χ1n) is 12.3. The Morgan fingerprint density at radius 1 is 1.03 bits per heavy atom. The fraction of sp³-hybridized carbons (Fsp3) is 0.520. The molecule has 1 N–H and O–H groups in total. The average molecular weight is 531 g/mol. The number of methoxy groups -OCH3 is 2. The van der Waals surface area contributed by atoms with Crippen molar-refractivity contribution in [1.29, 1.82) is 0 Å². The Kier molecular flexibility index (Phi) is 7.98. The van der Waals surface area contributed by atoms with E-state index in [1.165, 1.54) is 0 Å². The van der Waals surface area contributed by atoms with Crippen LogP contribution in [0.15, 0.2) is 30.6 Å². The molecule has 0 bridgehead atoms. The molecule has 0 spiro atoms. The van der Waals surface area contributed by atoms with E-state index in [0.717, 1.165) is 24.8 Å². The lowest BCUT2D eigenvalue weighted by molar-refractivity contribution is 0.00152. The summed E-state index contributed by atoms with van der Waals surface area (Å²) in [5.41, 5.74) is 1.39. The zero-order valence-corrected chi connectivity index (χ0v) is 22.8. The number of hydrogen-bond acceptors (Lipinski definition) is 9. The number of anilines is 1. The van der Waals surface area contributed by atoms with Crippen LogP contribution < -0.4 is 14.2 Å². The van der Waals surface area contributed by atoms with Crippen molar-refractivity contribution < 1.29 is 22.6 Å². The van der Waals surface area contributed by atoms with E-state index in [9.17, 15) is 8.42 Å². The van der Waals surface area contributed by atoms with E-state index in [1.807, 2.05) is 20.8 Å². The Morgan fingerprint density at radius 2 is 1.65 bits per heavy atom. The van der Waals surface area contributed by atoms with E-state index in [4.69, 9.17) is 14.2 Å². The quantitative estimate of drug-likeness (QED) is 0.391. The average Bonchev–Trinajstić information content (AvgIpc) is 3.22. The molecule has 1 saturated carbocycles. The van der Waals surface area contributed by atoms with Crippen LogP contribution in [0, 0.1) is 6.92 Å². The molecular weight excluding hydrogens is 496 g/mol. The topological polar surface area (TPSA) is 130 Å². The summed E-state index contributed by atoms with van der Waals surface area (Å²) < 4.78 is 49.0. The molecule has 0 amide bonds. The summed E-state index contributed by atoms with van der Waals surface area (Å²) in [5, 5.41) is 7.60. The molecule has 1 aliphatic rings. The van der Waals surface area contributed by atoms with E-state index >= 15 is 0 Å². The maximum atomic E-state index is 13.7. The van der Waals surface area contributed by atoms with E-state index < -0.39 is 21.4 Å². The third-order valence-corrected chi connectivity index (χ3v) is 8.10. The molecule has 1 aliphatic carbocycles. The Labute approximate surface area is 217 Å². The van der Waals surface area contributed by atoms with Gasteiger partial charge in [-0.05, 0) is 58.2 Å². The van der Waals surface area contributed by atoms with Gasteiger partial charge in [0.25, 0.3) is 0 Å². The number of aryl methyl sites for hydroxylation is 1. The number of ether oxygens (including phenoxy) is 3. The molecule has 0 radical (unpaired) electrons. The monoisotopic (exact) mass is 530 g/mol. The van der Waals surface area contributed by atoms with Gasteiger partial charge < -0.3 is 14.2 Å². The van der Waals surface area contributed by atoms with Crippen molar-refractivity contribution >= 4 is 16.0 Å². The summed E-state index contributed by atoms with van der Waals surface area (Å²) in [6, 6.07) is 5.37. The number of benzene rings is 1. The van der Waals surface area contributed by atoms with Crippen molar-refractivity contribution in [2.75, 3.05) is 18.9 Å².